The van der Waals surface area contributed by atoms with Crippen molar-refractivity contribution >= 4 is 23.2 Å². The number of carbonyl (C=O) groups is 1. The van der Waals surface area contributed by atoms with Crippen molar-refractivity contribution in [3.63, 3.8) is 0 Å². The van der Waals surface area contributed by atoms with Gasteiger partial charge in [0.1, 0.15) is 0 Å². The van der Waals surface area contributed by atoms with E-state index in [0.717, 1.165) is 17.8 Å². The molecule has 0 saturated carbocycles. The first-order chi connectivity index (χ1) is 10.1. The Bertz CT molecular complexity index is 628. The molecule has 2 N–H and O–H groups in total. The number of para-hydroxylation sites is 1. The van der Waals surface area contributed by atoms with Crippen LogP contribution in [0, 0.1) is 0 Å². The van der Waals surface area contributed by atoms with Crippen LogP contribution in [0.2, 0.25) is 5.02 Å². The van der Waals surface area contributed by atoms with Crippen LogP contribution in [0.1, 0.15) is 35.8 Å². The van der Waals surface area contributed by atoms with E-state index in [1.165, 1.54) is 0 Å². The Morgan fingerprint density at radius 1 is 1.19 bits per heavy atom. The number of nitrogens with one attached hydrogen (secondary N) is 2. The largest absolute Gasteiger partial charge is 0.385 e. The van der Waals surface area contributed by atoms with Gasteiger partial charge in [0.05, 0.1) is 11.6 Å². The Labute approximate surface area is 130 Å². The first-order valence-corrected chi connectivity index (χ1v) is 7.39. The smallest absolute Gasteiger partial charge is 0.253 e. The van der Waals surface area contributed by atoms with Gasteiger partial charge in [-0.15, -0.1) is 0 Å². The quantitative estimate of drug-likeness (QED) is 0.866. The van der Waals surface area contributed by atoms with E-state index in [9.17, 15) is 4.79 Å². The number of hydrogen-bond donors (Lipinski definition) is 2. The molecule has 3 nitrogen and oxygen atoms in total. The van der Waals surface area contributed by atoms with E-state index in [2.05, 4.69) is 10.6 Å². The minimum absolute atomic E-state index is 0.0981. The van der Waals surface area contributed by atoms with Gasteiger partial charge in [-0.3, -0.25) is 4.79 Å². The average molecular weight is 303 g/mol. The molecule has 0 aliphatic rings. The molecule has 0 fully saturated rings. The summed E-state index contributed by atoms with van der Waals surface area (Å²) in [5.41, 5.74) is 2.47. The predicted octanol–water partition coefficient (Wildman–Crippen LogP) is 4.26. The maximum absolute atomic E-state index is 12.4. The van der Waals surface area contributed by atoms with Crippen LogP contribution in [0.5, 0.6) is 0 Å². The summed E-state index contributed by atoms with van der Waals surface area (Å²) in [5.74, 6) is -0.0981. The summed E-state index contributed by atoms with van der Waals surface area (Å²) in [4.78, 5) is 12.4. The van der Waals surface area contributed by atoms with E-state index >= 15 is 0 Å². The third kappa shape index (κ3) is 3.99. The highest BCUT2D eigenvalue weighted by Crippen LogP contribution is 2.20. The number of benzene rings is 2. The number of carbonyl (C=O) groups excluding carboxylic acids is 1. The summed E-state index contributed by atoms with van der Waals surface area (Å²) in [6, 6.07) is 14.9. The molecule has 21 heavy (non-hydrogen) atoms. The van der Waals surface area contributed by atoms with E-state index < -0.39 is 0 Å². The van der Waals surface area contributed by atoms with Crippen LogP contribution in [0.25, 0.3) is 0 Å². The molecule has 0 bridgehead atoms. The summed E-state index contributed by atoms with van der Waals surface area (Å²) >= 11 is 5.99. The normalized spacial score (nSPS) is 11.8. The molecular formula is C17H19ClN2O. The highest BCUT2D eigenvalue weighted by atomic mass is 35.5. The maximum Gasteiger partial charge on any atom is 0.253 e. The fourth-order valence-electron chi connectivity index (χ4n) is 2.16. The van der Waals surface area contributed by atoms with Crippen LogP contribution in [0.15, 0.2) is 48.5 Å². The average Bonchev–Trinajstić information content (AvgIpc) is 2.48. The summed E-state index contributed by atoms with van der Waals surface area (Å²) in [6.45, 7) is 4.72. The summed E-state index contributed by atoms with van der Waals surface area (Å²) in [7, 11) is 0. The van der Waals surface area contributed by atoms with Crippen molar-refractivity contribution < 1.29 is 4.79 Å². The zero-order chi connectivity index (χ0) is 15.2. The van der Waals surface area contributed by atoms with Crippen LogP contribution < -0.4 is 10.6 Å². The molecule has 0 aliphatic carbocycles. The van der Waals surface area contributed by atoms with Gasteiger partial charge in [0.25, 0.3) is 5.91 Å². The molecule has 1 amide bonds. The maximum atomic E-state index is 12.4. The first-order valence-electron chi connectivity index (χ1n) is 7.01. The van der Waals surface area contributed by atoms with Gasteiger partial charge in [0, 0.05) is 17.3 Å². The summed E-state index contributed by atoms with van der Waals surface area (Å²) < 4.78 is 0. The molecule has 0 radical (unpaired) electrons. The van der Waals surface area contributed by atoms with Crippen LogP contribution >= 0.6 is 11.6 Å². The SMILES string of the molecule is CCNc1ccccc1C(=O)N[C@H](C)c1cccc(Cl)c1. The molecule has 110 valence electrons. The second-order valence-electron chi connectivity index (χ2n) is 4.83. The van der Waals surface area contributed by atoms with Crippen molar-refractivity contribution in [3.8, 4) is 0 Å². The van der Waals surface area contributed by atoms with Crippen molar-refractivity contribution in [2.24, 2.45) is 0 Å². The standard InChI is InChI=1S/C17H19ClN2O/c1-3-19-16-10-5-4-9-15(16)17(21)20-12(2)13-7-6-8-14(18)11-13/h4-12,19H,3H2,1-2H3,(H,20,21)/t12-/m1/s1. The zero-order valence-corrected chi connectivity index (χ0v) is 12.9. The van der Waals surface area contributed by atoms with Crippen LogP contribution in [-0.4, -0.2) is 12.5 Å². The van der Waals surface area contributed by atoms with Gasteiger partial charge in [-0.1, -0.05) is 35.9 Å². The lowest BCUT2D eigenvalue weighted by molar-refractivity contribution is 0.0940. The Morgan fingerprint density at radius 3 is 2.67 bits per heavy atom. The van der Waals surface area contributed by atoms with E-state index in [1.807, 2.05) is 62.4 Å². The van der Waals surface area contributed by atoms with Gasteiger partial charge >= 0.3 is 0 Å². The topological polar surface area (TPSA) is 41.1 Å². The number of hydrogen-bond acceptors (Lipinski definition) is 2. The lowest BCUT2D eigenvalue weighted by Crippen LogP contribution is -2.27. The number of rotatable bonds is 5. The van der Waals surface area contributed by atoms with Gasteiger partial charge in [0.15, 0.2) is 0 Å². The molecule has 1 atom stereocenters. The van der Waals surface area contributed by atoms with Crippen LogP contribution in [0.4, 0.5) is 5.69 Å². The van der Waals surface area contributed by atoms with Crippen molar-refractivity contribution in [1.29, 1.82) is 0 Å². The Morgan fingerprint density at radius 2 is 1.95 bits per heavy atom. The molecule has 0 saturated heterocycles. The van der Waals surface area contributed by atoms with Gasteiger partial charge in [-0.2, -0.15) is 0 Å². The summed E-state index contributed by atoms with van der Waals surface area (Å²) in [5, 5.41) is 6.87. The monoisotopic (exact) mass is 302 g/mol. The van der Waals surface area contributed by atoms with Crippen molar-refractivity contribution in [3.05, 3.63) is 64.7 Å². The van der Waals surface area contributed by atoms with E-state index in [1.54, 1.807) is 0 Å². The molecule has 0 aromatic heterocycles. The predicted molar refractivity (Wildman–Crippen MR) is 87.9 cm³/mol. The molecule has 0 spiro atoms. The summed E-state index contributed by atoms with van der Waals surface area (Å²) in [6.07, 6.45) is 0. The lowest BCUT2D eigenvalue weighted by atomic mass is 10.1. The Kier molecular flexibility index (Phi) is 5.23. The second-order valence-corrected chi connectivity index (χ2v) is 5.26. The Balaban J connectivity index is 2.14. The molecule has 2 aromatic carbocycles. The van der Waals surface area contributed by atoms with Crippen molar-refractivity contribution in [2.45, 2.75) is 19.9 Å². The zero-order valence-electron chi connectivity index (χ0n) is 12.2. The number of amides is 1. The van der Waals surface area contributed by atoms with Crippen molar-refractivity contribution in [2.75, 3.05) is 11.9 Å². The number of halogens is 1. The van der Waals surface area contributed by atoms with Gasteiger partial charge in [-0.05, 0) is 43.7 Å². The minimum Gasteiger partial charge on any atom is -0.385 e. The number of anilines is 1. The molecular weight excluding hydrogens is 284 g/mol. The molecule has 2 aromatic rings. The highest BCUT2D eigenvalue weighted by molar-refractivity contribution is 6.30. The molecule has 0 heterocycles. The first kappa shape index (κ1) is 15.4. The lowest BCUT2D eigenvalue weighted by Gasteiger charge is -2.16. The van der Waals surface area contributed by atoms with Gasteiger partial charge in [-0.25, -0.2) is 0 Å². The fraction of sp³-hybridized carbons (Fsp3) is 0.235. The Hall–Kier alpha value is -2.00. The van der Waals surface area contributed by atoms with E-state index in [0.29, 0.717) is 10.6 Å². The third-order valence-electron chi connectivity index (χ3n) is 3.24. The van der Waals surface area contributed by atoms with Crippen LogP contribution in [0.3, 0.4) is 0 Å². The van der Waals surface area contributed by atoms with Crippen molar-refractivity contribution in [1.82, 2.24) is 5.32 Å². The van der Waals surface area contributed by atoms with E-state index in [-0.39, 0.29) is 11.9 Å². The highest BCUT2D eigenvalue weighted by Gasteiger charge is 2.14. The van der Waals surface area contributed by atoms with Gasteiger partial charge in [0.2, 0.25) is 0 Å². The van der Waals surface area contributed by atoms with Gasteiger partial charge < -0.3 is 10.6 Å². The van der Waals surface area contributed by atoms with E-state index in [4.69, 9.17) is 11.6 Å². The minimum atomic E-state index is -0.106. The molecule has 2 rings (SSSR count). The fourth-order valence-corrected chi connectivity index (χ4v) is 2.36. The van der Waals surface area contributed by atoms with Crippen LogP contribution in [-0.2, 0) is 0 Å². The molecule has 0 aliphatic heterocycles. The third-order valence-corrected chi connectivity index (χ3v) is 3.47. The molecule has 0 unspecified atom stereocenters. The second kappa shape index (κ2) is 7.14. The molecule has 4 heteroatoms.